The maximum atomic E-state index is 13.7. The van der Waals surface area contributed by atoms with Crippen LogP contribution >= 0.6 is 0 Å². The molecule has 0 aliphatic heterocycles. The lowest BCUT2D eigenvalue weighted by molar-refractivity contribution is -0.120. The van der Waals surface area contributed by atoms with Crippen LogP contribution in [0, 0.1) is 23.1 Å². The van der Waals surface area contributed by atoms with Crippen LogP contribution in [0.1, 0.15) is 45.1 Å². The van der Waals surface area contributed by atoms with Gasteiger partial charge in [-0.3, -0.25) is 4.79 Å². The number of hydrogen-bond donors (Lipinski definition) is 1. The normalized spacial score (nSPS) is 11.7. The van der Waals surface area contributed by atoms with Crippen molar-refractivity contribution in [3.63, 3.8) is 0 Å². The first-order valence-corrected chi connectivity index (χ1v) is 6.62. The molecule has 0 saturated heterocycles. The van der Waals surface area contributed by atoms with Gasteiger partial charge in [-0.15, -0.1) is 0 Å². The lowest BCUT2D eigenvalue weighted by Crippen LogP contribution is -2.22. The van der Waals surface area contributed by atoms with Crippen LogP contribution in [0.5, 0.6) is 0 Å². The zero-order chi connectivity index (χ0) is 14.3. The Morgan fingerprint density at radius 2 is 2.21 bits per heavy atom. The first-order valence-electron chi connectivity index (χ1n) is 6.62. The van der Waals surface area contributed by atoms with Crippen molar-refractivity contribution in [2.24, 2.45) is 5.92 Å². The van der Waals surface area contributed by atoms with E-state index >= 15 is 0 Å². The van der Waals surface area contributed by atoms with E-state index in [0.29, 0.717) is 0 Å². The third kappa shape index (κ3) is 4.36. The van der Waals surface area contributed by atoms with Gasteiger partial charge in [0.1, 0.15) is 5.82 Å². The van der Waals surface area contributed by atoms with Crippen LogP contribution in [-0.4, -0.2) is 5.91 Å². The van der Waals surface area contributed by atoms with Crippen molar-refractivity contribution in [3.8, 4) is 6.07 Å². The van der Waals surface area contributed by atoms with Gasteiger partial charge in [0.25, 0.3) is 0 Å². The molecule has 0 radical (unpaired) electrons. The Morgan fingerprint density at radius 1 is 1.47 bits per heavy atom. The third-order valence-corrected chi connectivity index (χ3v) is 3.13. The van der Waals surface area contributed by atoms with Crippen molar-refractivity contribution in [2.45, 2.75) is 39.5 Å². The molecule has 0 saturated carbocycles. The van der Waals surface area contributed by atoms with E-state index in [1.807, 2.05) is 13.0 Å². The minimum atomic E-state index is -0.572. The van der Waals surface area contributed by atoms with Gasteiger partial charge >= 0.3 is 0 Å². The summed E-state index contributed by atoms with van der Waals surface area (Å²) in [7, 11) is 0. The highest BCUT2D eigenvalue weighted by molar-refractivity contribution is 5.92. The Morgan fingerprint density at radius 3 is 2.74 bits per heavy atom. The Balaban J connectivity index is 2.73. The Labute approximate surface area is 113 Å². The summed E-state index contributed by atoms with van der Waals surface area (Å²) in [5, 5.41) is 11.3. The van der Waals surface area contributed by atoms with Gasteiger partial charge in [-0.05, 0) is 31.0 Å². The molecule has 1 N–H and O–H groups in total. The molecule has 0 aliphatic rings. The molecule has 0 bridgehead atoms. The van der Waals surface area contributed by atoms with Gasteiger partial charge in [0.2, 0.25) is 5.91 Å². The van der Waals surface area contributed by atoms with Gasteiger partial charge in [0.15, 0.2) is 0 Å². The second kappa shape index (κ2) is 7.52. The van der Waals surface area contributed by atoms with E-state index in [9.17, 15) is 9.18 Å². The van der Waals surface area contributed by atoms with E-state index in [1.54, 1.807) is 0 Å². The van der Waals surface area contributed by atoms with E-state index in [1.165, 1.54) is 12.1 Å². The van der Waals surface area contributed by atoms with Gasteiger partial charge in [0.05, 0.1) is 17.3 Å². The molecule has 0 spiro atoms. The fraction of sp³-hybridized carbons (Fsp3) is 0.467. The third-order valence-electron chi connectivity index (χ3n) is 3.13. The summed E-state index contributed by atoms with van der Waals surface area (Å²) < 4.78 is 13.7. The van der Waals surface area contributed by atoms with Crippen molar-refractivity contribution < 1.29 is 9.18 Å². The van der Waals surface area contributed by atoms with Crippen LogP contribution in [0.4, 0.5) is 10.1 Å². The SMILES string of the molecule is CCCCC(CC)C(=O)Nc1ccc(C#N)cc1F. The fourth-order valence-corrected chi connectivity index (χ4v) is 1.89. The molecule has 0 aromatic heterocycles. The zero-order valence-electron chi connectivity index (χ0n) is 11.4. The minimum absolute atomic E-state index is 0.0880. The average Bonchev–Trinajstić information content (AvgIpc) is 2.42. The van der Waals surface area contributed by atoms with Crippen molar-refractivity contribution >= 4 is 11.6 Å². The summed E-state index contributed by atoms with van der Waals surface area (Å²) in [6, 6.07) is 5.91. The minimum Gasteiger partial charge on any atom is -0.323 e. The lowest BCUT2D eigenvalue weighted by atomic mass is 9.98. The monoisotopic (exact) mass is 262 g/mol. The molecule has 3 nitrogen and oxygen atoms in total. The zero-order valence-corrected chi connectivity index (χ0v) is 11.4. The van der Waals surface area contributed by atoms with Gasteiger partial charge in [-0.1, -0.05) is 26.7 Å². The molecule has 1 rings (SSSR count). The number of amides is 1. The molecule has 102 valence electrons. The predicted octanol–water partition coefficient (Wildman–Crippen LogP) is 3.85. The van der Waals surface area contributed by atoms with Gasteiger partial charge in [-0.2, -0.15) is 5.26 Å². The molecule has 0 fully saturated rings. The standard InChI is InChI=1S/C15H19FN2O/c1-3-5-6-12(4-2)15(19)18-14-8-7-11(10-17)9-13(14)16/h7-9,12H,3-6H2,1-2H3,(H,18,19). The van der Waals surface area contributed by atoms with E-state index in [-0.39, 0.29) is 23.1 Å². The molecule has 0 aliphatic carbocycles. The Bertz CT molecular complexity index is 480. The van der Waals surface area contributed by atoms with Crippen LogP contribution in [0.15, 0.2) is 18.2 Å². The number of nitriles is 1. The summed E-state index contributed by atoms with van der Waals surface area (Å²) in [6.45, 7) is 4.03. The quantitative estimate of drug-likeness (QED) is 0.846. The molecule has 0 heterocycles. The topological polar surface area (TPSA) is 52.9 Å². The summed E-state index contributed by atoms with van der Waals surface area (Å²) in [5.74, 6) is -0.813. The number of nitrogens with zero attached hydrogens (tertiary/aromatic N) is 1. The number of hydrogen-bond acceptors (Lipinski definition) is 2. The average molecular weight is 262 g/mol. The summed E-state index contributed by atoms with van der Waals surface area (Å²) >= 11 is 0. The first kappa shape index (κ1) is 15.2. The number of carbonyl (C=O) groups excluding carboxylic acids is 1. The Hall–Kier alpha value is -1.89. The fourth-order valence-electron chi connectivity index (χ4n) is 1.89. The first-order chi connectivity index (χ1) is 9.12. The second-order valence-corrected chi connectivity index (χ2v) is 4.54. The smallest absolute Gasteiger partial charge is 0.227 e. The highest BCUT2D eigenvalue weighted by atomic mass is 19.1. The number of benzene rings is 1. The summed E-state index contributed by atoms with van der Waals surface area (Å²) in [4.78, 5) is 12.0. The largest absolute Gasteiger partial charge is 0.323 e. The van der Waals surface area contributed by atoms with E-state index < -0.39 is 5.82 Å². The highest BCUT2D eigenvalue weighted by Crippen LogP contribution is 2.19. The van der Waals surface area contributed by atoms with Crippen molar-refractivity contribution in [1.29, 1.82) is 5.26 Å². The number of carbonyl (C=O) groups is 1. The molecule has 1 unspecified atom stereocenters. The van der Waals surface area contributed by atoms with Crippen molar-refractivity contribution in [1.82, 2.24) is 0 Å². The summed E-state index contributed by atoms with van der Waals surface area (Å²) in [5.41, 5.74) is 0.382. The molecule has 1 amide bonds. The van der Waals surface area contributed by atoms with E-state index in [4.69, 9.17) is 5.26 Å². The number of nitrogens with one attached hydrogen (secondary N) is 1. The van der Waals surface area contributed by atoms with Crippen LogP contribution in [0.3, 0.4) is 0 Å². The maximum Gasteiger partial charge on any atom is 0.227 e. The van der Waals surface area contributed by atoms with Gasteiger partial charge in [-0.25, -0.2) is 4.39 Å². The van der Waals surface area contributed by atoms with Crippen LogP contribution in [0.2, 0.25) is 0 Å². The molecule has 19 heavy (non-hydrogen) atoms. The maximum absolute atomic E-state index is 13.7. The molecule has 4 heteroatoms. The number of anilines is 1. The molecule has 1 aromatic carbocycles. The number of unbranched alkanes of at least 4 members (excludes halogenated alkanes) is 1. The second-order valence-electron chi connectivity index (χ2n) is 4.54. The van der Waals surface area contributed by atoms with E-state index in [0.717, 1.165) is 31.7 Å². The van der Waals surface area contributed by atoms with Crippen LogP contribution < -0.4 is 5.32 Å². The van der Waals surface area contributed by atoms with Gasteiger partial charge < -0.3 is 5.32 Å². The van der Waals surface area contributed by atoms with Crippen LogP contribution in [0.25, 0.3) is 0 Å². The molecular formula is C15H19FN2O. The highest BCUT2D eigenvalue weighted by Gasteiger charge is 2.17. The molecular weight excluding hydrogens is 243 g/mol. The molecule has 1 aromatic rings. The number of halogens is 1. The Kier molecular flexibility index (Phi) is 6.01. The predicted molar refractivity (Wildman–Crippen MR) is 73.1 cm³/mol. The van der Waals surface area contributed by atoms with Crippen molar-refractivity contribution in [3.05, 3.63) is 29.6 Å². The van der Waals surface area contributed by atoms with Crippen LogP contribution in [-0.2, 0) is 4.79 Å². The number of rotatable bonds is 6. The molecule has 1 atom stereocenters. The van der Waals surface area contributed by atoms with Gasteiger partial charge in [0, 0.05) is 5.92 Å². The van der Waals surface area contributed by atoms with Crippen molar-refractivity contribution in [2.75, 3.05) is 5.32 Å². The lowest BCUT2D eigenvalue weighted by Gasteiger charge is -2.15. The van der Waals surface area contributed by atoms with E-state index in [2.05, 4.69) is 12.2 Å². The summed E-state index contributed by atoms with van der Waals surface area (Å²) in [6.07, 6.45) is 3.58.